The van der Waals surface area contributed by atoms with E-state index in [1.165, 1.54) is 7.11 Å². The summed E-state index contributed by atoms with van der Waals surface area (Å²) in [5.74, 6) is -0.170. The van der Waals surface area contributed by atoms with Gasteiger partial charge in [0.1, 0.15) is 5.54 Å². The maximum atomic E-state index is 11.9. The van der Waals surface area contributed by atoms with Gasteiger partial charge < -0.3 is 14.8 Å². The first-order valence-electron chi connectivity index (χ1n) is 8.03. The van der Waals surface area contributed by atoms with Crippen molar-refractivity contribution in [3.05, 3.63) is 0 Å². The number of methoxy groups -OCH3 is 1. The molecule has 0 aromatic carbocycles. The molecule has 0 saturated carbocycles. The highest BCUT2D eigenvalue weighted by atomic mass is 16.5. The molecule has 0 aromatic heterocycles. The molecule has 1 heterocycles. The lowest BCUT2D eigenvalue weighted by Gasteiger charge is -2.38. The Kier molecular flexibility index (Phi) is 7.10. The molecule has 5 heteroatoms. The van der Waals surface area contributed by atoms with Crippen LogP contribution in [0.4, 0.5) is 0 Å². The summed E-state index contributed by atoms with van der Waals surface area (Å²) in [7, 11) is 1.45. The van der Waals surface area contributed by atoms with Crippen LogP contribution in [-0.4, -0.2) is 61.9 Å². The first kappa shape index (κ1) is 18.4. The van der Waals surface area contributed by atoms with Gasteiger partial charge in [0.15, 0.2) is 0 Å². The number of morpholine rings is 1. The Hall–Kier alpha value is -0.650. The highest BCUT2D eigenvalue weighted by molar-refractivity contribution is 5.80. The van der Waals surface area contributed by atoms with Crippen molar-refractivity contribution >= 4 is 5.97 Å². The lowest BCUT2D eigenvalue weighted by molar-refractivity contribution is -0.148. The third-order valence-electron chi connectivity index (χ3n) is 4.11. The molecule has 1 N–H and O–H groups in total. The van der Waals surface area contributed by atoms with Gasteiger partial charge in [0.05, 0.1) is 19.3 Å². The van der Waals surface area contributed by atoms with E-state index in [-0.39, 0.29) is 11.6 Å². The average molecular weight is 300 g/mol. The van der Waals surface area contributed by atoms with Crippen molar-refractivity contribution in [2.75, 3.05) is 39.9 Å². The van der Waals surface area contributed by atoms with E-state index < -0.39 is 5.54 Å². The molecule has 1 unspecified atom stereocenters. The minimum absolute atomic E-state index is 0.0391. The smallest absolute Gasteiger partial charge is 0.325 e. The van der Waals surface area contributed by atoms with Gasteiger partial charge in [-0.15, -0.1) is 0 Å². The van der Waals surface area contributed by atoms with Gasteiger partial charge in [0, 0.05) is 13.1 Å². The summed E-state index contributed by atoms with van der Waals surface area (Å²) in [5, 5.41) is 3.25. The topological polar surface area (TPSA) is 50.8 Å². The van der Waals surface area contributed by atoms with Crippen LogP contribution in [0.3, 0.4) is 0 Å². The van der Waals surface area contributed by atoms with Gasteiger partial charge in [-0.3, -0.25) is 9.69 Å². The number of carbonyl (C=O) groups excluding carboxylic acids is 1. The molecule has 0 aromatic rings. The zero-order valence-corrected chi connectivity index (χ0v) is 14.3. The molecule has 0 bridgehead atoms. The van der Waals surface area contributed by atoms with Crippen molar-refractivity contribution in [1.82, 2.24) is 10.2 Å². The molecule has 5 nitrogen and oxygen atoms in total. The van der Waals surface area contributed by atoms with Gasteiger partial charge >= 0.3 is 5.97 Å². The van der Waals surface area contributed by atoms with Crippen molar-refractivity contribution in [2.45, 2.75) is 58.1 Å². The first-order chi connectivity index (χ1) is 9.83. The molecule has 0 amide bonds. The lowest BCUT2D eigenvalue weighted by Crippen LogP contribution is -2.50. The second-order valence-electron chi connectivity index (χ2n) is 6.70. The van der Waals surface area contributed by atoms with Crippen LogP contribution in [0.25, 0.3) is 0 Å². The molecule has 1 aliphatic heterocycles. The molecule has 1 aliphatic rings. The van der Waals surface area contributed by atoms with Crippen molar-refractivity contribution in [3.8, 4) is 0 Å². The van der Waals surface area contributed by atoms with Crippen LogP contribution in [0.15, 0.2) is 0 Å². The maximum Gasteiger partial charge on any atom is 0.325 e. The highest BCUT2D eigenvalue weighted by Gasteiger charge is 2.33. The fourth-order valence-electron chi connectivity index (χ4n) is 3.00. The molecule has 21 heavy (non-hydrogen) atoms. The minimum Gasteiger partial charge on any atom is -0.468 e. The van der Waals surface area contributed by atoms with Crippen LogP contribution in [0.5, 0.6) is 0 Å². The Bertz CT molecular complexity index is 333. The summed E-state index contributed by atoms with van der Waals surface area (Å²) in [6.45, 7) is 12.8. The van der Waals surface area contributed by atoms with Crippen LogP contribution < -0.4 is 5.32 Å². The van der Waals surface area contributed by atoms with E-state index in [1.807, 2.05) is 13.8 Å². The monoisotopic (exact) mass is 300 g/mol. The largest absolute Gasteiger partial charge is 0.468 e. The molecular formula is C16H32N2O3. The van der Waals surface area contributed by atoms with E-state index >= 15 is 0 Å². The number of unbranched alkanes of at least 4 members (excludes halogenated alkanes) is 1. The molecule has 1 saturated heterocycles. The van der Waals surface area contributed by atoms with Gasteiger partial charge in [-0.2, -0.15) is 0 Å². The SMILES string of the molecule is CCNC(C)(CCCCN1CCOC(C)(C)C1)C(=O)OC. The van der Waals surface area contributed by atoms with Crippen LogP contribution in [0.1, 0.15) is 47.0 Å². The van der Waals surface area contributed by atoms with Crippen molar-refractivity contribution in [1.29, 1.82) is 0 Å². The predicted octanol–water partition coefficient (Wildman–Crippen LogP) is 1.81. The molecule has 0 aliphatic carbocycles. The van der Waals surface area contributed by atoms with E-state index in [0.29, 0.717) is 0 Å². The fourth-order valence-corrected chi connectivity index (χ4v) is 3.00. The Morgan fingerprint density at radius 1 is 1.43 bits per heavy atom. The zero-order chi connectivity index (χ0) is 15.9. The van der Waals surface area contributed by atoms with Crippen molar-refractivity contribution in [3.63, 3.8) is 0 Å². The van der Waals surface area contributed by atoms with E-state index in [4.69, 9.17) is 9.47 Å². The average Bonchev–Trinajstić information content (AvgIpc) is 2.42. The summed E-state index contributed by atoms with van der Waals surface area (Å²) >= 11 is 0. The Morgan fingerprint density at radius 2 is 2.14 bits per heavy atom. The second-order valence-corrected chi connectivity index (χ2v) is 6.70. The molecule has 0 spiro atoms. The number of nitrogens with one attached hydrogen (secondary N) is 1. The third kappa shape index (κ3) is 5.93. The Labute approximate surface area is 129 Å². The summed E-state index contributed by atoms with van der Waals surface area (Å²) in [4.78, 5) is 14.3. The number of ether oxygens (including phenoxy) is 2. The van der Waals surface area contributed by atoms with Gasteiger partial charge in [-0.05, 0) is 53.1 Å². The Balaban J connectivity index is 2.33. The molecule has 1 rings (SSSR count). The van der Waals surface area contributed by atoms with Crippen LogP contribution in [-0.2, 0) is 14.3 Å². The number of rotatable bonds is 8. The van der Waals surface area contributed by atoms with E-state index in [9.17, 15) is 4.79 Å². The summed E-state index contributed by atoms with van der Waals surface area (Å²) in [6, 6.07) is 0. The molecular weight excluding hydrogens is 268 g/mol. The molecule has 1 fully saturated rings. The first-order valence-corrected chi connectivity index (χ1v) is 8.03. The molecule has 124 valence electrons. The number of hydrogen-bond donors (Lipinski definition) is 1. The van der Waals surface area contributed by atoms with E-state index in [1.54, 1.807) is 0 Å². The summed E-state index contributed by atoms with van der Waals surface area (Å²) in [6.07, 6.45) is 2.91. The normalized spacial score (nSPS) is 21.8. The predicted molar refractivity (Wildman–Crippen MR) is 84.4 cm³/mol. The lowest BCUT2D eigenvalue weighted by atomic mass is 9.94. The standard InChI is InChI=1S/C16H32N2O3/c1-6-17-16(4,14(19)20-5)9-7-8-10-18-11-12-21-15(2,3)13-18/h17H,6-13H2,1-5H3. The van der Waals surface area contributed by atoms with Gasteiger partial charge in [0.2, 0.25) is 0 Å². The van der Waals surface area contributed by atoms with Crippen LogP contribution in [0, 0.1) is 0 Å². The second kappa shape index (κ2) is 8.11. The van der Waals surface area contributed by atoms with Crippen molar-refractivity contribution in [2.24, 2.45) is 0 Å². The van der Waals surface area contributed by atoms with Gasteiger partial charge in [0.25, 0.3) is 0 Å². The number of hydrogen-bond acceptors (Lipinski definition) is 5. The highest BCUT2D eigenvalue weighted by Crippen LogP contribution is 2.19. The number of likely N-dealkylation sites (N-methyl/N-ethyl adjacent to an activating group) is 1. The molecule has 0 radical (unpaired) electrons. The van der Waals surface area contributed by atoms with E-state index in [2.05, 4.69) is 24.1 Å². The summed E-state index contributed by atoms with van der Waals surface area (Å²) in [5.41, 5.74) is -0.601. The van der Waals surface area contributed by atoms with Crippen molar-refractivity contribution < 1.29 is 14.3 Å². The number of esters is 1. The number of carbonyl (C=O) groups is 1. The molecule has 1 atom stereocenters. The quantitative estimate of drug-likeness (QED) is 0.547. The summed E-state index contributed by atoms with van der Waals surface area (Å²) < 4.78 is 10.6. The van der Waals surface area contributed by atoms with Crippen LogP contribution >= 0.6 is 0 Å². The Morgan fingerprint density at radius 3 is 2.71 bits per heavy atom. The van der Waals surface area contributed by atoms with Crippen LogP contribution in [0.2, 0.25) is 0 Å². The maximum absolute atomic E-state index is 11.9. The minimum atomic E-state index is -0.562. The zero-order valence-electron chi connectivity index (χ0n) is 14.3. The van der Waals surface area contributed by atoms with E-state index in [0.717, 1.165) is 52.0 Å². The van der Waals surface area contributed by atoms with Gasteiger partial charge in [-0.1, -0.05) is 6.92 Å². The fraction of sp³-hybridized carbons (Fsp3) is 0.938. The van der Waals surface area contributed by atoms with Gasteiger partial charge in [-0.25, -0.2) is 0 Å². The third-order valence-corrected chi connectivity index (χ3v) is 4.11. The number of nitrogens with zero attached hydrogens (tertiary/aromatic N) is 1.